The Morgan fingerprint density at radius 1 is 1.17 bits per heavy atom. The number of benzene rings is 1. The molecule has 1 N–H and O–H groups in total. The molecule has 29 heavy (non-hydrogen) atoms. The van der Waals surface area contributed by atoms with Crippen LogP contribution in [0.5, 0.6) is 0 Å². The summed E-state index contributed by atoms with van der Waals surface area (Å²) in [6, 6.07) is 13.3. The molecule has 0 atom stereocenters. The van der Waals surface area contributed by atoms with Crippen LogP contribution in [-0.4, -0.2) is 20.7 Å². The molecule has 0 aliphatic heterocycles. The Bertz CT molecular complexity index is 1130. The summed E-state index contributed by atoms with van der Waals surface area (Å²) in [5.74, 6) is 0.882. The van der Waals surface area contributed by atoms with Gasteiger partial charge in [-0.25, -0.2) is 0 Å². The van der Waals surface area contributed by atoms with E-state index in [4.69, 9.17) is 16.0 Å². The second-order valence-electron chi connectivity index (χ2n) is 6.66. The Balaban J connectivity index is 1.47. The third-order valence-corrected chi connectivity index (χ3v) is 5.78. The molecule has 0 aliphatic rings. The smallest absolute Gasteiger partial charge is 0.258 e. The Kier molecular flexibility index (Phi) is 5.51. The number of halogens is 1. The zero-order valence-electron chi connectivity index (χ0n) is 16.0. The van der Waals surface area contributed by atoms with Crippen molar-refractivity contribution in [1.82, 2.24) is 20.1 Å². The molecule has 0 unspecified atom stereocenters. The van der Waals surface area contributed by atoms with Gasteiger partial charge in [0.1, 0.15) is 6.54 Å². The Morgan fingerprint density at radius 2 is 1.93 bits per heavy atom. The molecule has 0 bridgehead atoms. The molecule has 0 radical (unpaired) electrons. The van der Waals surface area contributed by atoms with Crippen molar-refractivity contribution >= 4 is 28.8 Å². The van der Waals surface area contributed by atoms with Crippen molar-refractivity contribution in [3.63, 3.8) is 0 Å². The van der Waals surface area contributed by atoms with Crippen LogP contribution < -0.4 is 5.32 Å². The van der Waals surface area contributed by atoms with Crippen LogP contribution >= 0.6 is 22.9 Å². The van der Waals surface area contributed by atoms with Crippen molar-refractivity contribution in [1.29, 1.82) is 0 Å². The molecule has 6 nitrogen and oxygen atoms in total. The van der Waals surface area contributed by atoms with E-state index in [1.165, 1.54) is 0 Å². The molecule has 3 heterocycles. The largest absolute Gasteiger partial charge is 0.415 e. The van der Waals surface area contributed by atoms with Crippen molar-refractivity contribution in [2.75, 3.05) is 0 Å². The summed E-state index contributed by atoms with van der Waals surface area (Å²) in [5.41, 5.74) is 3.69. The number of rotatable bonds is 6. The van der Waals surface area contributed by atoms with Gasteiger partial charge in [0.25, 0.3) is 5.89 Å². The first kappa shape index (κ1) is 19.4. The van der Waals surface area contributed by atoms with Gasteiger partial charge in [-0.3, -0.25) is 4.79 Å². The highest BCUT2D eigenvalue weighted by atomic mass is 35.5. The van der Waals surface area contributed by atoms with Crippen LogP contribution in [0.4, 0.5) is 0 Å². The molecule has 4 aromatic rings. The lowest BCUT2D eigenvalue weighted by Gasteiger charge is -2.10. The van der Waals surface area contributed by atoms with Crippen molar-refractivity contribution < 1.29 is 9.21 Å². The summed E-state index contributed by atoms with van der Waals surface area (Å²) in [6.07, 6.45) is 0. The maximum Gasteiger partial charge on any atom is 0.258 e. The molecule has 4 rings (SSSR count). The van der Waals surface area contributed by atoms with Crippen LogP contribution in [0.3, 0.4) is 0 Å². The third-order valence-electron chi connectivity index (χ3n) is 4.67. The first-order valence-corrected chi connectivity index (χ1v) is 10.3. The molecule has 0 saturated heterocycles. The molecule has 3 aromatic heterocycles. The highest BCUT2D eigenvalue weighted by molar-refractivity contribution is 7.13. The number of thiophene rings is 1. The maximum absolute atomic E-state index is 12.5. The summed E-state index contributed by atoms with van der Waals surface area (Å²) in [7, 11) is 0. The fraction of sp³-hybridized carbons (Fsp3) is 0.190. The van der Waals surface area contributed by atoms with E-state index in [1.54, 1.807) is 11.3 Å². The first-order chi connectivity index (χ1) is 14.0. The fourth-order valence-corrected chi connectivity index (χ4v) is 3.87. The van der Waals surface area contributed by atoms with Crippen LogP contribution in [0, 0.1) is 13.8 Å². The minimum absolute atomic E-state index is 0.0712. The average Bonchev–Trinajstić information content (AvgIpc) is 3.44. The van der Waals surface area contributed by atoms with Gasteiger partial charge < -0.3 is 14.3 Å². The highest BCUT2D eigenvalue weighted by Gasteiger charge is 2.18. The van der Waals surface area contributed by atoms with Gasteiger partial charge >= 0.3 is 0 Å². The minimum Gasteiger partial charge on any atom is -0.415 e. The zero-order chi connectivity index (χ0) is 20.4. The van der Waals surface area contributed by atoms with Crippen LogP contribution in [0.25, 0.3) is 22.2 Å². The molecule has 8 heteroatoms. The Labute approximate surface area is 177 Å². The molecule has 0 fully saturated rings. The van der Waals surface area contributed by atoms with E-state index in [0.717, 1.165) is 27.4 Å². The van der Waals surface area contributed by atoms with E-state index in [1.807, 2.05) is 66.3 Å². The number of aromatic nitrogens is 3. The van der Waals surface area contributed by atoms with Gasteiger partial charge in [-0.15, -0.1) is 21.5 Å². The lowest BCUT2D eigenvalue weighted by molar-refractivity contribution is -0.121. The number of carbonyl (C=O) groups excluding carboxylic acids is 1. The summed E-state index contributed by atoms with van der Waals surface area (Å²) in [5, 5.41) is 13.9. The first-order valence-electron chi connectivity index (χ1n) is 9.07. The molecule has 148 valence electrons. The number of aryl methyl sites for hydroxylation is 1. The number of hydrogen-bond donors (Lipinski definition) is 1. The molecule has 0 aliphatic carbocycles. The van der Waals surface area contributed by atoms with Gasteiger partial charge in [-0.1, -0.05) is 29.8 Å². The van der Waals surface area contributed by atoms with Crippen molar-refractivity contribution in [2.45, 2.75) is 26.9 Å². The van der Waals surface area contributed by atoms with E-state index < -0.39 is 0 Å². The topological polar surface area (TPSA) is 73.0 Å². The Morgan fingerprint density at radius 3 is 2.66 bits per heavy atom. The van der Waals surface area contributed by atoms with Crippen LogP contribution in [-0.2, 0) is 17.9 Å². The SMILES string of the molecule is Cc1cc(-c2nnc(-c3cccs3)o2)c(C)n1CC(=O)NCc1ccc(Cl)cc1. The van der Waals surface area contributed by atoms with Gasteiger partial charge in [-0.2, -0.15) is 0 Å². The fourth-order valence-electron chi connectivity index (χ4n) is 3.10. The second-order valence-corrected chi connectivity index (χ2v) is 8.05. The van der Waals surface area contributed by atoms with Gasteiger partial charge in [0.15, 0.2) is 0 Å². The summed E-state index contributed by atoms with van der Waals surface area (Å²) in [4.78, 5) is 13.4. The molecule has 1 amide bonds. The summed E-state index contributed by atoms with van der Waals surface area (Å²) < 4.78 is 7.79. The molecule has 1 aromatic carbocycles. The zero-order valence-corrected chi connectivity index (χ0v) is 17.5. The quantitative estimate of drug-likeness (QED) is 0.478. The number of carbonyl (C=O) groups is 1. The maximum atomic E-state index is 12.5. The molecular formula is C21H19ClN4O2S. The molecule has 0 saturated carbocycles. The number of nitrogens with zero attached hydrogens (tertiary/aromatic N) is 3. The van der Waals surface area contributed by atoms with Crippen molar-refractivity contribution in [2.24, 2.45) is 0 Å². The van der Waals surface area contributed by atoms with E-state index >= 15 is 0 Å². The second kappa shape index (κ2) is 8.23. The number of amides is 1. The van der Waals surface area contributed by atoms with E-state index in [0.29, 0.717) is 23.3 Å². The predicted molar refractivity (Wildman–Crippen MR) is 114 cm³/mol. The summed E-state index contributed by atoms with van der Waals surface area (Å²) in [6.45, 7) is 4.58. The lowest BCUT2D eigenvalue weighted by atomic mass is 10.2. The van der Waals surface area contributed by atoms with Gasteiger partial charge in [0, 0.05) is 23.0 Å². The van der Waals surface area contributed by atoms with Crippen molar-refractivity contribution in [3.8, 4) is 22.2 Å². The Hall–Kier alpha value is -2.90. The molecular weight excluding hydrogens is 408 g/mol. The monoisotopic (exact) mass is 426 g/mol. The number of nitrogens with one attached hydrogen (secondary N) is 1. The normalized spacial score (nSPS) is 11.0. The van der Waals surface area contributed by atoms with E-state index in [-0.39, 0.29) is 12.5 Å². The van der Waals surface area contributed by atoms with Crippen LogP contribution in [0.15, 0.2) is 52.3 Å². The van der Waals surface area contributed by atoms with Gasteiger partial charge in [0.2, 0.25) is 11.8 Å². The van der Waals surface area contributed by atoms with Crippen molar-refractivity contribution in [3.05, 3.63) is 69.8 Å². The van der Waals surface area contributed by atoms with Gasteiger partial charge in [0.05, 0.1) is 10.4 Å². The predicted octanol–water partition coefficient (Wildman–Crippen LogP) is 4.85. The van der Waals surface area contributed by atoms with Crippen LogP contribution in [0.1, 0.15) is 17.0 Å². The summed E-state index contributed by atoms with van der Waals surface area (Å²) >= 11 is 7.44. The van der Waals surface area contributed by atoms with Gasteiger partial charge in [-0.05, 0) is 49.1 Å². The number of hydrogen-bond acceptors (Lipinski definition) is 5. The highest BCUT2D eigenvalue weighted by Crippen LogP contribution is 2.30. The molecule has 0 spiro atoms. The van der Waals surface area contributed by atoms with Crippen LogP contribution in [0.2, 0.25) is 5.02 Å². The lowest BCUT2D eigenvalue weighted by Crippen LogP contribution is -2.27. The van der Waals surface area contributed by atoms with E-state index in [2.05, 4.69) is 15.5 Å². The third kappa shape index (κ3) is 4.26. The standard InChI is InChI=1S/C21H19ClN4O2S/c1-13-10-17(20-24-25-21(28-20)18-4-3-9-29-18)14(2)26(13)12-19(27)23-11-15-5-7-16(22)8-6-15/h3-10H,11-12H2,1-2H3,(H,23,27). The van der Waals surface area contributed by atoms with E-state index in [9.17, 15) is 4.79 Å². The minimum atomic E-state index is -0.0712. The average molecular weight is 427 g/mol.